The summed E-state index contributed by atoms with van der Waals surface area (Å²) in [4.78, 5) is 24.0. The van der Waals surface area contributed by atoms with Gasteiger partial charge in [-0.05, 0) is 38.1 Å². The first-order chi connectivity index (χ1) is 14.8. The van der Waals surface area contributed by atoms with E-state index in [-0.39, 0.29) is 11.3 Å². The van der Waals surface area contributed by atoms with Crippen LogP contribution in [0.4, 0.5) is 30.8 Å². The van der Waals surface area contributed by atoms with E-state index in [1.54, 1.807) is 31.5 Å². The summed E-state index contributed by atoms with van der Waals surface area (Å²) < 4.78 is 28.4. The van der Waals surface area contributed by atoms with E-state index in [2.05, 4.69) is 20.3 Å². The molecule has 3 N–H and O–H groups in total. The fourth-order valence-corrected chi connectivity index (χ4v) is 3.16. The summed E-state index contributed by atoms with van der Waals surface area (Å²) >= 11 is 0. The number of carboxylic acid groups (broad SMARTS) is 1. The molecule has 0 saturated heterocycles. The van der Waals surface area contributed by atoms with Crippen LogP contribution in [0.1, 0.15) is 11.4 Å². The third-order valence-electron chi connectivity index (χ3n) is 4.66. The molecule has 0 atom stereocenters. The van der Waals surface area contributed by atoms with E-state index in [0.29, 0.717) is 34.0 Å². The molecular formula is C22H17F2N5O2. The Morgan fingerprint density at radius 3 is 2.48 bits per heavy atom. The molecule has 0 unspecified atom stereocenters. The predicted molar refractivity (Wildman–Crippen MR) is 114 cm³/mol. The molecule has 4 aromatic rings. The van der Waals surface area contributed by atoms with Crippen molar-refractivity contribution in [2.45, 2.75) is 13.8 Å². The van der Waals surface area contributed by atoms with Crippen LogP contribution in [-0.4, -0.2) is 26.2 Å². The third-order valence-corrected chi connectivity index (χ3v) is 4.66. The van der Waals surface area contributed by atoms with Crippen molar-refractivity contribution in [3.63, 3.8) is 0 Å². The van der Waals surface area contributed by atoms with Gasteiger partial charge in [0.2, 0.25) is 0 Å². The molecule has 1 aromatic carbocycles. The maximum atomic E-state index is 14.5. The molecule has 156 valence electrons. The second-order valence-corrected chi connectivity index (χ2v) is 6.94. The maximum absolute atomic E-state index is 14.5. The van der Waals surface area contributed by atoms with E-state index < -0.39 is 17.7 Å². The summed E-state index contributed by atoms with van der Waals surface area (Å²) in [6.45, 7) is 3.59. The van der Waals surface area contributed by atoms with Crippen LogP contribution in [-0.2, 0) is 0 Å². The molecule has 3 heterocycles. The molecule has 0 spiro atoms. The molecule has 3 aromatic heterocycles. The number of carbonyl (C=O) groups is 1. The number of fused-ring (bicyclic) bond motifs is 1. The smallest absolute Gasteiger partial charge is 0.409 e. The maximum Gasteiger partial charge on any atom is 0.409 e. The quantitative estimate of drug-likeness (QED) is 0.407. The van der Waals surface area contributed by atoms with Crippen molar-refractivity contribution < 1.29 is 18.7 Å². The minimum Gasteiger partial charge on any atom is -0.465 e. The molecule has 0 aliphatic rings. The highest BCUT2D eigenvalue weighted by atomic mass is 19.1. The van der Waals surface area contributed by atoms with E-state index in [1.807, 2.05) is 24.4 Å². The monoisotopic (exact) mass is 421 g/mol. The zero-order valence-electron chi connectivity index (χ0n) is 16.6. The van der Waals surface area contributed by atoms with E-state index in [4.69, 9.17) is 5.11 Å². The van der Waals surface area contributed by atoms with Gasteiger partial charge in [-0.25, -0.2) is 18.6 Å². The number of halogens is 2. The zero-order valence-corrected chi connectivity index (χ0v) is 16.6. The van der Waals surface area contributed by atoms with Crippen molar-refractivity contribution >= 4 is 34.2 Å². The molecule has 7 nitrogen and oxygen atoms in total. The summed E-state index contributed by atoms with van der Waals surface area (Å²) in [5.74, 6) is -1.26. The molecule has 0 aliphatic heterocycles. The minimum absolute atomic E-state index is 0.0324. The van der Waals surface area contributed by atoms with Crippen LogP contribution in [0.3, 0.4) is 0 Å². The average molecular weight is 421 g/mol. The van der Waals surface area contributed by atoms with Gasteiger partial charge in [0.25, 0.3) is 0 Å². The molecule has 4 rings (SSSR count). The van der Waals surface area contributed by atoms with Crippen LogP contribution in [0.25, 0.3) is 22.0 Å². The Bertz CT molecular complexity index is 1310. The van der Waals surface area contributed by atoms with Crippen molar-refractivity contribution in [2.24, 2.45) is 0 Å². The fraction of sp³-hybridized carbons (Fsp3) is 0.0909. The largest absolute Gasteiger partial charge is 0.465 e. The summed E-state index contributed by atoms with van der Waals surface area (Å²) in [5, 5.41) is 14.6. The summed E-state index contributed by atoms with van der Waals surface area (Å²) in [7, 11) is 0. The Kier molecular flexibility index (Phi) is 5.16. The lowest BCUT2D eigenvalue weighted by Crippen LogP contribution is -2.09. The Labute approximate surface area is 175 Å². The Morgan fingerprint density at radius 1 is 0.968 bits per heavy atom. The van der Waals surface area contributed by atoms with E-state index in [9.17, 15) is 13.6 Å². The number of hydrogen-bond donors (Lipinski definition) is 3. The number of nitrogens with zero attached hydrogens (tertiary/aromatic N) is 3. The van der Waals surface area contributed by atoms with Gasteiger partial charge in [-0.3, -0.25) is 15.3 Å². The van der Waals surface area contributed by atoms with Gasteiger partial charge in [0.05, 0.1) is 23.1 Å². The SMILES string of the molecule is Cc1ccc(Nc2cc3nc(C)c(-c4cc(NC(=O)O)c(F)cc4F)cc3cn2)cn1. The van der Waals surface area contributed by atoms with Gasteiger partial charge >= 0.3 is 6.09 Å². The highest BCUT2D eigenvalue weighted by Gasteiger charge is 2.16. The second-order valence-electron chi connectivity index (χ2n) is 6.94. The number of rotatable bonds is 4. The van der Waals surface area contributed by atoms with Crippen molar-refractivity contribution in [3.8, 4) is 11.1 Å². The van der Waals surface area contributed by atoms with Gasteiger partial charge in [-0.15, -0.1) is 0 Å². The Hall–Kier alpha value is -4.14. The van der Waals surface area contributed by atoms with Crippen LogP contribution >= 0.6 is 0 Å². The van der Waals surface area contributed by atoms with Crippen LogP contribution in [0.5, 0.6) is 0 Å². The molecule has 0 radical (unpaired) electrons. The van der Waals surface area contributed by atoms with Crippen molar-refractivity contribution in [3.05, 3.63) is 71.8 Å². The number of aryl methyl sites for hydroxylation is 2. The Balaban J connectivity index is 1.73. The topological polar surface area (TPSA) is 100 Å². The summed E-state index contributed by atoms with van der Waals surface area (Å²) in [6.07, 6.45) is 1.84. The van der Waals surface area contributed by atoms with Gasteiger partial charge < -0.3 is 10.4 Å². The highest BCUT2D eigenvalue weighted by Crippen LogP contribution is 2.32. The van der Waals surface area contributed by atoms with Crippen molar-refractivity contribution in [1.29, 1.82) is 0 Å². The summed E-state index contributed by atoms with van der Waals surface area (Å²) in [6, 6.07) is 8.96. The van der Waals surface area contributed by atoms with Gasteiger partial charge in [-0.2, -0.15) is 0 Å². The third kappa shape index (κ3) is 4.25. The zero-order chi connectivity index (χ0) is 22.1. The first-order valence-electron chi connectivity index (χ1n) is 9.26. The predicted octanol–water partition coefficient (Wildman–Crippen LogP) is 5.42. The number of benzene rings is 1. The lowest BCUT2D eigenvalue weighted by Gasteiger charge is -2.12. The number of hydrogen-bond acceptors (Lipinski definition) is 5. The van der Waals surface area contributed by atoms with Crippen molar-refractivity contribution in [1.82, 2.24) is 15.0 Å². The van der Waals surface area contributed by atoms with Crippen LogP contribution in [0.15, 0.2) is 48.8 Å². The number of pyridine rings is 3. The lowest BCUT2D eigenvalue weighted by molar-refractivity contribution is 0.209. The lowest BCUT2D eigenvalue weighted by atomic mass is 10.0. The first kappa shape index (κ1) is 20.1. The first-order valence-corrected chi connectivity index (χ1v) is 9.26. The number of nitrogens with one attached hydrogen (secondary N) is 2. The molecule has 0 saturated carbocycles. The number of anilines is 3. The normalized spacial score (nSPS) is 10.8. The molecule has 1 amide bonds. The summed E-state index contributed by atoms with van der Waals surface area (Å²) in [5.41, 5.74) is 2.90. The van der Waals surface area contributed by atoms with E-state index in [1.165, 1.54) is 0 Å². The average Bonchev–Trinajstić information content (AvgIpc) is 2.71. The van der Waals surface area contributed by atoms with E-state index in [0.717, 1.165) is 17.4 Å². The van der Waals surface area contributed by atoms with E-state index >= 15 is 0 Å². The molecule has 0 fully saturated rings. The number of amides is 1. The highest BCUT2D eigenvalue weighted by molar-refractivity contribution is 5.88. The fourth-order valence-electron chi connectivity index (χ4n) is 3.16. The van der Waals surface area contributed by atoms with Gasteiger partial charge in [0, 0.05) is 46.2 Å². The second kappa shape index (κ2) is 7.94. The van der Waals surface area contributed by atoms with Crippen LogP contribution in [0.2, 0.25) is 0 Å². The van der Waals surface area contributed by atoms with Gasteiger partial charge in [-0.1, -0.05) is 0 Å². The van der Waals surface area contributed by atoms with Crippen LogP contribution in [0, 0.1) is 25.5 Å². The molecule has 0 aliphatic carbocycles. The standard InChI is InChI=1S/C22H17F2N5O2/c1-11-3-4-14(10-25-11)28-21-8-19-13(9-26-21)5-15(12(2)27-19)16-6-20(29-22(30)31)18(24)7-17(16)23/h3-10,29H,1-2H3,(H,26,28)(H,30,31). The minimum atomic E-state index is -1.45. The molecular weight excluding hydrogens is 404 g/mol. The van der Waals surface area contributed by atoms with Crippen molar-refractivity contribution in [2.75, 3.05) is 10.6 Å². The van der Waals surface area contributed by atoms with Gasteiger partial charge in [0.15, 0.2) is 0 Å². The molecule has 9 heteroatoms. The molecule has 31 heavy (non-hydrogen) atoms. The van der Waals surface area contributed by atoms with Crippen LogP contribution < -0.4 is 10.6 Å². The Morgan fingerprint density at radius 2 is 1.77 bits per heavy atom. The molecule has 0 bridgehead atoms. The number of aromatic nitrogens is 3. The van der Waals surface area contributed by atoms with Gasteiger partial charge in [0.1, 0.15) is 17.5 Å².